The molecule has 3 heteroatoms. The molecular weight excluding hydrogens is 198 g/mol. The molecule has 88 valence electrons. The van der Waals surface area contributed by atoms with Crippen LogP contribution in [-0.2, 0) is 0 Å². The van der Waals surface area contributed by atoms with Gasteiger partial charge in [-0.3, -0.25) is 0 Å². The number of hydrogen-bond acceptors (Lipinski definition) is 3. The van der Waals surface area contributed by atoms with Gasteiger partial charge in [-0.2, -0.15) is 0 Å². The maximum atomic E-state index is 4.48. The van der Waals surface area contributed by atoms with Crippen LogP contribution in [-0.4, -0.2) is 25.1 Å². The molecule has 1 saturated heterocycles. The third-order valence-corrected chi connectivity index (χ3v) is 3.38. The monoisotopic (exact) mass is 219 g/mol. The maximum Gasteiger partial charge on any atom is 0.128 e. The number of rotatable bonds is 3. The van der Waals surface area contributed by atoms with Crippen LogP contribution in [0.4, 0.5) is 5.82 Å². The first-order valence-electron chi connectivity index (χ1n) is 6.19. The van der Waals surface area contributed by atoms with Gasteiger partial charge in [0.25, 0.3) is 0 Å². The molecule has 0 aromatic carbocycles. The minimum Gasteiger partial charge on any atom is -0.357 e. The van der Waals surface area contributed by atoms with E-state index in [4.69, 9.17) is 0 Å². The molecule has 1 unspecified atom stereocenters. The summed E-state index contributed by atoms with van der Waals surface area (Å²) in [5.74, 6) is 1.14. The van der Waals surface area contributed by atoms with Crippen LogP contribution in [0.15, 0.2) is 18.3 Å². The quantitative estimate of drug-likeness (QED) is 0.846. The summed E-state index contributed by atoms with van der Waals surface area (Å²) in [6, 6.07) is 4.70. The van der Waals surface area contributed by atoms with Gasteiger partial charge in [0.1, 0.15) is 5.82 Å². The predicted molar refractivity (Wildman–Crippen MR) is 67.8 cm³/mol. The van der Waals surface area contributed by atoms with Crippen LogP contribution in [0, 0.1) is 0 Å². The van der Waals surface area contributed by atoms with Gasteiger partial charge in [0, 0.05) is 25.3 Å². The highest BCUT2D eigenvalue weighted by molar-refractivity contribution is 5.42. The lowest BCUT2D eigenvalue weighted by molar-refractivity contribution is 0.572. The van der Waals surface area contributed by atoms with Gasteiger partial charge in [0.05, 0.1) is 0 Å². The molecule has 1 atom stereocenters. The Balaban J connectivity index is 2.14. The molecule has 1 aliphatic rings. The van der Waals surface area contributed by atoms with E-state index in [9.17, 15) is 0 Å². The number of anilines is 1. The standard InChI is InChI=1S/C13H21N3/c1-11(14-2)12-6-7-15-13(10-12)16-8-4-3-5-9-16/h6-7,10-11,14H,3-5,8-9H2,1-2H3. The van der Waals surface area contributed by atoms with Gasteiger partial charge >= 0.3 is 0 Å². The van der Waals surface area contributed by atoms with E-state index < -0.39 is 0 Å². The Morgan fingerprint density at radius 3 is 2.75 bits per heavy atom. The summed E-state index contributed by atoms with van der Waals surface area (Å²) in [7, 11) is 1.99. The molecule has 1 aromatic rings. The van der Waals surface area contributed by atoms with E-state index in [1.54, 1.807) is 0 Å². The highest BCUT2D eigenvalue weighted by atomic mass is 15.2. The highest BCUT2D eigenvalue weighted by Gasteiger charge is 2.13. The second kappa shape index (κ2) is 5.30. The van der Waals surface area contributed by atoms with Crippen molar-refractivity contribution in [3.8, 4) is 0 Å². The molecule has 0 saturated carbocycles. The molecular formula is C13H21N3. The molecule has 1 aromatic heterocycles. The maximum absolute atomic E-state index is 4.48. The second-order valence-corrected chi connectivity index (χ2v) is 4.51. The number of piperidine rings is 1. The third-order valence-electron chi connectivity index (χ3n) is 3.38. The van der Waals surface area contributed by atoms with Gasteiger partial charge in [-0.05, 0) is 50.9 Å². The van der Waals surface area contributed by atoms with Crippen LogP contribution in [0.3, 0.4) is 0 Å². The summed E-state index contributed by atoms with van der Waals surface area (Å²) in [5, 5.41) is 3.27. The van der Waals surface area contributed by atoms with Crippen molar-refractivity contribution in [2.75, 3.05) is 25.0 Å². The van der Waals surface area contributed by atoms with Gasteiger partial charge in [0.2, 0.25) is 0 Å². The largest absolute Gasteiger partial charge is 0.357 e. The summed E-state index contributed by atoms with van der Waals surface area (Å²) in [6.45, 7) is 4.49. The zero-order valence-corrected chi connectivity index (χ0v) is 10.2. The first-order valence-corrected chi connectivity index (χ1v) is 6.19. The average Bonchev–Trinajstić information content (AvgIpc) is 2.39. The predicted octanol–water partition coefficient (Wildman–Crippen LogP) is 2.35. The first-order chi connectivity index (χ1) is 7.81. The number of aromatic nitrogens is 1. The minimum atomic E-state index is 0.395. The van der Waals surface area contributed by atoms with Crippen LogP contribution in [0.2, 0.25) is 0 Å². The smallest absolute Gasteiger partial charge is 0.128 e. The Bertz CT molecular complexity index is 332. The summed E-state index contributed by atoms with van der Waals surface area (Å²) < 4.78 is 0. The summed E-state index contributed by atoms with van der Waals surface area (Å²) in [6.07, 6.45) is 5.89. The molecule has 0 radical (unpaired) electrons. The van der Waals surface area contributed by atoms with E-state index in [0.29, 0.717) is 6.04 Å². The fourth-order valence-corrected chi connectivity index (χ4v) is 2.17. The van der Waals surface area contributed by atoms with Crippen LogP contribution in [0.1, 0.15) is 37.8 Å². The van der Waals surface area contributed by atoms with Gasteiger partial charge in [0.15, 0.2) is 0 Å². The summed E-state index contributed by atoms with van der Waals surface area (Å²) in [5.41, 5.74) is 1.32. The van der Waals surface area contributed by atoms with Crippen molar-refractivity contribution in [3.63, 3.8) is 0 Å². The Kier molecular flexibility index (Phi) is 3.78. The zero-order valence-electron chi connectivity index (χ0n) is 10.2. The van der Waals surface area contributed by atoms with Gasteiger partial charge < -0.3 is 10.2 Å². The fourth-order valence-electron chi connectivity index (χ4n) is 2.17. The number of hydrogen-bond donors (Lipinski definition) is 1. The molecule has 0 aliphatic carbocycles. The average molecular weight is 219 g/mol. The first kappa shape index (κ1) is 11.4. The third kappa shape index (κ3) is 2.53. The zero-order chi connectivity index (χ0) is 11.4. The van der Waals surface area contributed by atoms with Crippen molar-refractivity contribution in [1.29, 1.82) is 0 Å². The molecule has 1 N–H and O–H groups in total. The number of nitrogens with one attached hydrogen (secondary N) is 1. The van der Waals surface area contributed by atoms with E-state index >= 15 is 0 Å². The SMILES string of the molecule is CNC(C)c1ccnc(N2CCCCC2)c1. The molecule has 0 spiro atoms. The Morgan fingerprint density at radius 2 is 2.06 bits per heavy atom. The van der Waals surface area contributed by atoms with E-state index in [-0.39, 0.29) is 0 Å². The molecule has 3 nitrogen and oxygen atoms in total. The molecule has 2 heterocycles. The Labute approximate surface area is 97.9 Å². The van der Waals surface area contributed by atoms with Crippen molar-refractivity contribution < 1.29 is 0 Å². The van der Waals surface area contributed by atoms with E-state index in [1.165, 1.54) is 24.8 Å². The van der Waals surface area contributed by atoms with E-state index in [0.717, 1.165) is 18.9 Å². The van der Waals surface area contributed by atoms with Crippen molar-refractivity contribution in [2.45, 2.75) is 32.2 Å². The molecule has 2 rings (SSSR count). The lowest BCUT2D eigenvalue weighted by Gasteiger charge is -2.28. The van der Waals surface area contributed by atoms with Gasteiger partial charge in [-0.25, -0.2) is 4.98 Å². The minimum absolute atomic E-state index is 0.395. The molecule has 16 heavy (non-hydrogen) atoms. The van der Waals surface area contributed by atoms with Crippen LogP contribution in [0.25, 0.3) is 0 Å². The van der Waals surface area contributed by atoms with Crippen LogP contribution in [0.5, 0.6) is 0 Å². The topological polar surface area (TPSA) is 28.2 Å². The van der Waals surface area contributed by atoms with E-state index in [2.05, 4.69) is 34.3 Å². The lowest BCUT2D eigenvalue weighted by atomic mass is 10.1. The van der Waals surface area contributed by atoms with E-state index in [1.807, 2.05) is 13.2 Å². The molecule has 0 amide bonds. The molecule has 1 aliphatic heterocycles. The summed E-state index contributed by atoms with van der Waals surface area (Å²) in [4.78, 5) is 6.88. The Hall–Kier alpha value is -1.09. The van der Waals surface area contributed by atoms with Gasteiger partial charge in [-0.1, -0.05) is 0 Å². The number of pyridine rings is 1. The van der Waals surface area contributed by atoms with Gasteiger partial charge in [-0.15, -0.1) is 0 Å². The second-order valence-electron chi connectivity index (χ2n) is 4.51. The fraction of sp³-hybridized carbons (Fsp3) is 0.615. The van der Waals surface area contributed by atoms with Crippen LogP contribution >= 0.6 is 0 Å². The van der Waals surface area contributed by atoms with Crippen molar-refractivity contribution in [1.82, 2.24) is 10.3 Å². The number of nitrogens with zero attached hydrogens (tertiary/aromatic N) is 2. The molecule has 1 fully saturated rings. The van der Waals surface area contributed by atoms with Crippen molar-refractivity contribution >= 4 is 5.82 Å². The Morgan fingerprint density at radius 1 is 1.31 bits per heavy atom. The molecule has 0 bridgehead atoms. The van der Waals surface area contributed by atoms with Crippen LogP contribution < -0.4 is 10.2 Å². The normalized spacial score (nSPS) is 18.5. The summed E-state index contributed by atoms with van der Waals surface area (Å²) >= 11 is 0. The van der Waals surface area contributed by atoms with Crippen molar-refractivity contribution in [3.05, 3.63) is 23.9 Å². The lowest BCUT2D eigenvalue weighted by Crippen LogP contribution is -2.30. The van der Waals surface area contributed by atoms with Crippen molar-refractivity contribution in [2.24, 2.45) is 0 Å². The highest BCUT2D eigenvalue weighted by Crippen LogP contribution is 2.20.